The summed E-state index contributed by atoms with van der Waals surface area (Å²) in [5.74, 6) is 1.45. The maximum atomic E-state index is 5.95. The number of rotatable bonds is 1. The van der Waals surface area contributed by atoms with Gasteiger partial charge in [-0.25, -0.2) is 0 Å². The van der Waals surface area contributed by atoms with E-state index in [0.29, 0.717) is 5.92 Å². The molecule has 1 aliphatic carbocycles. The van der Waals surface area contributed by atoms with Crippen molar-refractivity contribution in [1.82, 2.24) is 0 Å². The molecule has 1 aliphatic rings. The van der Waals surface area contributed by atoms with Crippen LogP contribution in [0, 0.1) is 5.92 Å². The number of hydrogen-bond acceptors (Lipinski definition) is 1. The van der Waals surface area contributed by atoms with Gasteiger partial charge in [-0.15, -0.1) is 0 Å². The summed E-state index contributed by atoms with van der Waals surface area (Å²) in [5, 5.41) is 0. The van der Waals surface area contributed by atoms with Crippen LogP contribution in [0.25, 0.3) is 0 Å². The molecule has 2 heteroatoms. The number of amidine groups is 1. The van der Waals surface area contributed by atoms with Gasteiger partial charge in [0.05, 0.1) is 5.84 Å². The highest BCUT2D eigenvalue weighted by atomic mass is 14.8. The molecule has 0 atom stereocenters. The van der Waals surface area contributed by atoms with Crippen molar-refractivity contribution < 1.29 is 0 Å². The minimum atomic E-state index is 0.563. The Balaban J connectivity index is 2.38. The van der Waals surface area contributed by atoms with Crippen molar-refractivity contribution in [3.8, 4) is 0 Å². The Bertz CT molecular complexity index is 175. The van der Waals surface area contributed by atoms with Crippen molar-refractivity contribution in [2.45, 2.75) is 64.2 Å². The summed E-state index contributed by atoms with van der Waals surface area (Å²) in [7, 11) is 1.82. The van der Waals surface area contributed by atoms with Gasteiger partial charge in [-0.2, -0.15) is 0 Å². The lowest BCUT2D eigenvalue weighted by atomic mass is 9.94. The molecular weight excluding hydrogens is 184 g/mol. The molecule has 88 valence electrons. The molecule has 2 nitrogen and oxygen atoms in total. The molecule has 0 spiro atoms. The smallest absolute Gasteiger partial charge is 0.0964 e. The van der Waals surface area contributed by atoms with Crippen molar-refractivity contribution in [2.75, 3.05) is 7.05 Å². The van der Waals surface area contributed by atoms with Gasteiger partial charge in [-0.05, 0) is 12.8 Å². The summed E-state index contributed by atoms with van der Waals surface area (Å²) in [6.07, 6.45) is 13.6. The van der Waals surface area contributed by atoms with Crippen molar-refractivity contribution >= 4 is 5.84 Å². The third kappa shape index (κ3) is 5.19. The van der Waals surface area contributed by atoms with Crippen molar-refractivity contribution in [3.05, 3.63) is 0 Å². The molecule has 0 bridgehead atoms. The highest BCUT2D eigenvalue weighted by Gasteiger charge is 2.12. The second-order valence-electron chi connectivity index (χ2n) is 4.75. The van der Waals surface area contributed by atoms with Crippen LogP contribution in [0.15, 0.2) is 4.99 Å². The molecule has 0 amide bonds. The fraction of sp³-hybridized carbons (Fsp3) is 0.923. The second-order valence-corrected chi connectivity index (χ2v) is 4.75. The zero-order valence-corrected chi connectivity index (χ0v) is 10.2. The molecule has 0 aromatic heterocycles. The van der Waals surface area contributed by atoms with Crippen LogP contribution in [0.4, 0.5) is 0 Å². The minimum Gasteiger partial charge on any atom is -0.387 e. The van der Waals surface area contributed by atoms with Crippen molar-refractivity contribution in [2.24, 2.45) is 16.6 Å². The van der Waals surface area contributed by atoms with E-state index < -0.39 is 0 Å². The summed E-state index contributed by atoms with van der Waals surface area (Å²) in [4.78, 5) is 4.16. The Morgan fingerprint density at radius 2 is 1.27 bits per heavy atom. The van der Waals surface area contributed by atoms with Crippen LogP contribution in [-0.4, -0.2) is 12.9 Å². The molecule has 0 heterocycles. The third-order valence-corrected chi connectivity index (χ3v) is 3.53. The standard InChI is InChI=1S/C13H26N2/c1-15-13(14)12-10-8-6-4-2-3-5-7-9-11-12/h12H,2-11H2,1H3,(H2,14,15). The van der Waals surface area contributed by atoms with Crippen LogP contribution < -0.4 is 5.73 Å². The van der Waals surface area contributed by atoms with Crippen LogP contribution in [0.2, 0.25) is 0 Å². The number of hydrogen-bond donors (Lipinski definition) is 1. The van der Waals surface area contributed by atoms with Crippen LogP contribution in [0.3, 0.4) is 0 Å². The van der Waals surface area contributed by atoms with Gasteiger partial charge in [0.25, 0.3) is 0 Å². The molecule has 2 N–H and O–H groups in total. The predicted octanol–water partition coefficient (Wildman–Crippen LogP) is 3.50. The Hall–Kier alpha value is -0.530. The largest absolute Gasteiger partial charge is 0.387 e. The van der Waals surface area contributed by atoms with Gasteiger partial charge in [0.1, 0.15) is 0 Å². The molecular formula is C13H26N2. The van der Waals surface area contributed by atoms with Gasteiger partial charge in [0, 0.05) is 13.0 Å². The summed E-state index contributed by atoms with van der Waals surface area (Å²) < 4.78 is 0. The zero-order chi connectivity index (χ0) is 10.9. The van der Waals surface area contributed by atoms with Crippen molar-refractivity contribution in [3.63, 3.8) is 0 Å². The molecule has 0 unspecified atom stereocenters. The van der Waals surface area contributed by atoms with E-state index in [2.05, 4.69) is 4.99 Å². The van der Waals surface area contributed by atoms with Crippen LogP contribution in [-0.2, 0) is 0 Å². The van der Waals surface area contributed by atoms with E-state index >= 15 is 0 Å². The molecule has 0 radical (unpaired) electrons. The minimum absolute atomic E-state index is 0.563. The highest BCUT2D eigenvalue weighted by Crippen LogP contribution is 2.21. The van der Waals surface area contributed by atoms with Gasteiger partial charge in [-0.3, -0.25) is 4.99 Å². The van der Waals surface area contributed by atoms with Crippen LogP contribution in [0.5, 0.6) is 0 Å². The molecule has 0 aromatic carbocycles. The van der Waals surface area contributed by atoms with E-state index in [9.17, 15) is 0 Å². The number of nitrogens with zero attached hydrogens (tertiary/aromatic N) is 1. The Morgan fingerprint density at radius 3 is 1.67 bits per heavy atom. The van der Waals surface area contributed by atoms with Gasteiger partial charge < -0.3 is 5.73 Å². The molecule has 15 heavy (non-hydrogen) atoms. The van der Waals surface area contributed by atoms with E-state index in [1.165, 1.54) is 64.2 Å². The fourth-order valence-electron chi connectivity index (χ4n) is 2.46. The van der Waals surface area contributed by atoms with E-state index in [1.807, 2.05) is 7.05 Å². The summed E-state index contributed by atoms with van der Waals surface area (Å²) in [6.45, 7) is 0. The predicted molar refractivity (Wildman–Crippen MR) is 67.2 cm³/mol. The number of aliphatic imine (C=N–C) groups is 1. The quantitative estimate of drug-likeness (QED) is 0.522. The van der Waals surface area contributed by atoms with Crippen molar-refractivity contribution in [1.29, 1.82) is 0 Å². The first-order valence-electron chi connectivity index (χ1n) is 6.56. The molecule has 1 saturated carbocycles. The lowest BCUT2D eigenvalue weighted by Crippen LogP contribution is -2.23. The maximum absolute atomic E-state index is 5.95. The fourth-order valence-corrected chi connectivity index (χ4v) is 2.46. The maximum Gasteiger partial charge on any atom is 0.0964 e. The lowest BCUT2D eigenvalue weighted by Gasteiger charge is -2.15. The van der Waals surface area contributed by atoms with Gasteiger partial charge in [-0.1, -0.05) is 51.4 Å². The summed E-state index contributed by atoms with van der Waals surface area (Å²) in [5.41, 5.74) is 5.95. The first kappa shape index (κ1) is 12.5. The van der Waals surface area contributed by atoms with Crippen LogP contribution in [0.1, 0.15) is 64.2 Å². The van der Waals surface area contributed by atoms with E-state index in [4.69, 9.17) is 5.73 Å². The Kier molecular flexibility index (Phi) is 6.45. The Labute approximate surface area is 94.3 Å². The van der Waals surface area contributed by atoms with E-state index in [1.54, 1.807) is 0 Å². The van der Waals surface area contributed by atoms with Gasteiger partial charge in [0.2, 0.25) is 0 Å². The molecule has 0 aliphatic heterocycles. The summed E-state index contributed by atoms with van der Waals surface area (Å²) >= 11 is 0. The van der Waals surface area contributed by atoms with Gasteiger partial charge >= 0.3 is 0 Å². The lowest BCUT2D eigenvalue weighted by molar-refractivity contribution is 0.508. The van der Waals surface area contributed by atoms with Crippen LogP contribution >= 0.6 is 0 Å². The second kappa shape index (κ2) is 7.72. The normalized spacial score (nSPS) is 23.4. The first-order chi connectivity index (χ1) is 7.34. The first-order valence-corrected chi connectivity index (χ1v) is 6.56. The number of nitrogens with two attached hydrogens (primary N) is 1. The Morgan fingerprint density at radius 1 is 0.867 bits per heavy atom. The SMILES string of the molecule is CN=C(N)C1CCCCCCCCCC1. The molecule has 1 fully saturated rings. The monoisotopic (exact) mass is 210 g/mol. The van der Waals surface area contributed by atoms with E-state index in [-0.39, 0.29) is 0 Å². The molecule has 1 rings (SSSR count). The topological polar surface area (TPSA) is 38.4 Å². The average molecular weight is 210 g/mol. The zero-order valence-electron chi connectivity index (χ0n) is 10.2. The summed E-state index contributed by atoms with van der Waals surface area (Å²) in [6, 6.07) is 0. The molecule has 0 saturated heterocycles. The molecule has 0 aromatic rings. The third-order valence-electron chi connectivity index (χ3n) is 3.53. The van der Waals surface area contributed by atoms with E-state index in [0.717, 1.165) is 5.84 Å². The average Bonchev–Trinajstić information content (AvgIpc) is 2.32. The van der Waals surface area contributed by atoms with Gasteiger partial charge in [0.15, 0.2) is 0 Å². The highest BCUT2D eigenvalue weighted by molar-refractivity contribution is 5.82.